The summed E-state index contributed by atoms with van der Waals surface area (Å²) in [5.74, 6) is -0.333. The summed E-state index contributed by atoms with van der Waals surface area (Å²) in [7, 11) is 1.41. The summed E-state index contributed by atoms with van der Waals surface area (Å²) in [4.78, 5) is 31.9. The van der Waals surface area contributed by atoms with Gasteiger partial charge in [-0.25, -0.2) is 0 Å². The van der Waals surface area contributed by atoms with Gasteiger partial charge in [0.1, 0.15) is 19.0 Å². The topological polar surface area (TPSA) is 108 Å². The highest BCUT2D eigenvalue weighted by Crippen LogP contribution is 2.20. The highest BCUT2D eigenvalue weighted by Gasteiger charge is 2.11. The molecule has 0 heterocycles. The van der Waals surface area contributed by atoms with Gasteiger partial charge in [0.2, 0.25) is 0 Å². The van der Waals surface area contributed by atoms with E-state index < -0.39 is 5.97 Å². The molecule has 8 nitrogen and oxygen atoms in total. The first-order valence-electron chi connectivity index (χ1n) is 13.3. The molecule has 2 rings (SSSR count). The molecule has 38 heavy (non-hydrogen) atoms. The maximum Gasteiger partial charge on any atom is 0.308 e. The molecule has 0 saturated carbocycles. The number of carbonyl (C=O) groups excluding carboxylic acids is 2. The molecule has 0 radical (unpaired) electrons. The Balaban J connectivity index is 0.000000750. The van der Waals surface area contributed by atoms with Crippen LogP contribution in [0.15, 0.2) is 42.5 Å². The van der Waals surface area contributed by atoms with Crippen LogP contribution >= 0.6 is 0 Å². The van der Waals surface area contributed by atoms with E-state index in [1.165, 1.54) is 12.5 Å². The van der Waals surface area contributed by atoms with Crippen molar-refractivity contribution in [1.82, 2.24) is 0 Å². The van der Waals surface area contributed by atoms with E-state index >= 15 is 0 Å². The van der Waals surface area contributed by atoms with Gasteiger partial charge >= 0.3 is 17.9 Å². The number of hydrogen-bond acceptors (Lipinski definition) is 7. The van der Waals surface area contributed by atoms with Crippen LogP contribution in [0.1, 0.15) is 60.8 Å². The average Bonchev–Trinajstić information content (AvgIpc) is 2.95. The zero-order valence-electron chi connectivity index (χ0n) is 24.0. The molecule has 8 heteroatoms. The Bertz CT molecular complexity index is 943. The number of rotatable bonds is 13. The normalized spacial score (nSPS) is 12.5. The minimum atomic E-state index is -0.706. The lowest BCUT2D eigenvalue weighted by Gasteiger charge is -2.10. The molecule has 0 aromatic heterocycles. The number of esters is 2. The van der Waals surface area contributed by atoms with Crippen LogP contribution in [-0.2, 0) is 28.6 Å². The molecule has 0 aliphatic heterocycles. The average molecular weight is 535 g/mol. The number of benzene rings is 2. The summed E-state index contributed by atoms with van der Waals surface area (Å²) in [5.41, 5.74) is 0. The Morgan fingerprint density at radius 3 is 1.79 bits per heavy atom. The fourth-order valence-electron chi connectivity index (χ4n) is 2.63. The summed E-state index contributed by atoms with van der Waals surface area (Å²) in [5, 5.41) is 10.5. The van der Waals surface area contributed by atoms with E-state index in [0.29, 0.717) is 26.4 Å². The van der Waals surface area contributed by atoms with Gasteiger partial charge in [0, 0.05) is 0 Å². The molecule has 3 atom stereocenters. The second-order valence-corrected chi connectivity index (χ2v) is 8.93. The Morgan fingerprint density at radius 1 is 0.737 bits per heavy atom. The first-order chi connectivity index (χ1) is 18.1. The molecule has 0 saturated heterocycles. The van der Waals surface area contributed by atoms with E-state index in [2.05, 4.69) is 16.9 Å². The molecule has 214 valence electrons. The fourth-order valence-corrected chi connectivity index (χ4v) is 2.63. The maximum atomic E-state index is 11.5. The summed E-state index contributed by atoms with van der Waals surface area (Å²) >= 11 is 0. The third-order valence-corrected chi connectivity index (χ3v) is 5.95. The first-order valence-corrected chi connectivity index (χ1v) is 13.3. The van der Waals surface area contributed by atoms with Crippen LogP contribution < -0.4 is 4.74 Å². The first kappa shape index (κ1) is 34.9. The molecule has 2 aromatic rings. The van der Waals surface area contributed by atoms with Crippen molar-refractivity contribution in [2.24, 2.45) is 17.8 Å². The van der Waals surface area contributed by atoms with Crippen molar-refractivity contribution >= 4 is 28.7 Å². The Hall–Kier alpha value is -3.13. The molecule has 0 aliphatic rings. The van der Waals surface area contributed by atoms with Gasteiger partial charge in [-0.15, -0.1) is 0 Å². The highest BCUT2D eigenvalue weighted by atomic mass is 16.6. The van der Waals surface area contributed by atoms with Crippen LogP contribution in [0, 0.1) is 17.8 Å². The third kappa shape index (κ3) is 15.2. The minimum absolute atomic E-state index is 0.0498. The van der Waals surface area contributed by atoms with E-state index in [1.807, 2.05) is 65.0 Å². The second kappa shape index (κ2) is 20.9. The van der Waals surface area contributed by atoms with E-state index in [9.17, 15) is 14.4 Å². The molecule has 3 unspecified atom stereocenters. The van der Waals surface area contributed by atoms with E-state index in [1.54, 1.807) is 6.92 Å². The monoisotopic (exact) mass is 534 g/mol. The molecular formula is C30H46O8. The lowest BCUT2D eigenvalue weighted by atomic mass is 10.1. The zero-order chi connectivity index (χ0) is 28.9. The predicted octanol–water partition coefficient (Wildman–Crippen LogP) is 6.15. The van der Waals surface area contributed by atoms with Gasteiger partial charge in [-0.3, -0.25) is 14.4 Å². The number of fused-ring (bicyclic) bond motifs is 1. The van der Waals surface area contributed by atoms with Crippen LogP contribution in [0.4, 0.5) is 0 Å². The summed E-state index contributed by atoms with van der Waals surface area (Å²) in [6, 6.07) is 14.2. The van der Waals surface area contributed by atoms with Crippen molar-refractivity contribution in [3.8, 4) is 5.75 Å². The van der Waals surface area contributed by atoms with Gasteiger partial charge in [0.25, 0.3) is 0 Å². The lowest BCUT2D eigenvalue weighted by Crippen LogP contribution is -2.18. The third-order valence-electron chi connectivity index (χ3n) is 5.95. The Morgan fingerprint density at radius 2 is 1.29 bits per heavy atom. The lowest BCUT2D eigenvalue weighted by molar-refractivity contribution is -0.149. The van der Waals surface area contributed by atoms with Gasteiger partial charge < -0.3 is 24.1 Å². The number of hydrogen-bond donors (Lipinski definition) is 1. The molecule has 1 N–H and O–H groups in total. The Labute approximate surface area is 227 Å². The van der Waals surface area contributed by atoms with E-state index in [4.69, 9.17) is 19.3 Å². The molecule has 0 fully saturated rings. The van der Waals surface area contributed by atoms with Gasteiger partial charge in [-0.05, 0) is 42.2 Å². The number of aliphatic carboxylic acids is 1. The van der Waals surface area contributed by atoms with Crippen molar-refractivity contribution < 1.29 is 38.4 Å². The molecule has 0 amide bonds. The fraction of sp³-hybridized carbons (Fsp3) is 0.567. The largest absolute Gasteiger partial charge is 0.491 e. The number of ether oxygens (including phenoxy) is 4. The van der Waals surface area contributed by atoms with Gasteiger partial charge in [-0.2, -0.15) is 0 Å². The maximum absolute atomic E-state index is 11.5. The van der Waals surface area contributed by atoms with Crippen LogP contribution in [0.5, 0.6) is 5.75 Å². The molecule has 2 aromatic carbocycles. The van der Waals surface area contributed by atoms with Crippen molar-refractivity contribution in [1.29, 1.82) is 0 Å². The summed E-state index contributed by atoms with van der Waals surface area (Å²) < 4.78 is 20.6. The Kier molecular flexibility index (Phi) is 19.2. The van der Waals surface area contributed by atoms with Crippen molar-refractivity contribution in [3.63, 3.8) is 0 Å². The molecule has 0 aliphatic carbocycles. The van der Waals surface area contributed by atoms with Gasteiger partial charge in [0.05, 0.1) is 38.1 Å². The van der Waals surface area contributed by atoms with Crippen LogP contribution in [-0.4, -0.2) is 56.6 Å². The van der Waals surface area contributed by atoms with Gasteiger partial charge in [-0.1, -0.05) is 71.9 Å². The van der Waals surface area contributed by atoms with E-state index in [0.717, 1.165) is 30.4 Å². The number of carboxylic acids is 1. The zero-order valence-corrected chi connectivity index (χ0v) is 24.0. The smallest absolute Gasteiger partial charge is 0.308 e. The van der Waals surface area contributed by atoms with E-state index in [-0.39, 0.29) is 29.7 Å². The quantitative estimate of drug-likeness (QED) is 0.241. The highest BCUT2D eigenvalue weighted by molar-refractivity contribution is 5.83. The van der Waals surface area contributed by atoms with Crippen molar-refractivity contribution in [3.05, 3.63) is 42.5 Å². The van der Waals surface area contributed by atoms with Crippen LogP contribution in [0.3, 0.4) is 0 Å². The summed E-state index contributed by atoms with van der Waals surface area (Å²) in [6.07, 6.45) is 2.36. The minimum Gasteiger partial charge on any atom is -0.491 e. The molecule has 0 spiro atoms. The predicted molar refractivity (Wildman–Crippen MR) is 149 cm³/mol. The van der Waals surface area contributed by atoms with Crippen molar-refractivity contribution in [2.75, 3.05) is 33.5 Å². The van der Waals surface area contributed by atoms with Crippen molar-refractivity contribution in [2.45, 2.75) is 60.8 Å². The van der Waals surface area contributed by atoms with Crippen LogP contribution in [0.2, 0.25) is 0 Å². The number of methoxy groups -OCH3 is 1. The standard InChI is InChI=1S/C19H24O4.C6H12O2.C5H10O2/c1-3-15(2)19(20)23-13-11-21-10-12-22-18-9-8-16-6-4-5-7-17(16)14-18;1-4-5(2)6(7)8-3;1-3-4(2)5(6)7/h4-9,14-15H,3,10-13H2,1-2H3;5H,4H2,1-3H3;4H,3H2,1-2H3,(H,6,7). The second-order valence-electron chi connectivity index (χ2n) is 8.93. The SMILES string of the molecule is CCC(C)C(=O)O.CCC(C)C(=O)OC.CCC(C)C(=O)OCCOCCOc1ccc2ccccc2c1. The van der Waals surface area contributed by atoms with Crippen LogP contribution in [0.25, 0.3) is 10.8 Å². The molecule has 0 bridgehead atoms. The number of carbonyl (C=O) groups is 3. The summed E-state index contributed by atoms with van der Waals surface area (Å²) in [6.45, 7) is 12.8. The number of carboxylic acid groups (broad SMARTS) is 1. The molecular weight excluding hydrogens is 488 g/mol. The van der Waals surface area contributed by atoms with Gasteiger partial charge in [0.15, 0.2) is 0 Å².